The van der Waals surface area contributed by atoms with Gasteiger partial charge in [-0.2, -0.15) is 0 Å². The van der Waals surface area contributed by atoms with Crippen LogP contribution in [0.2, 0.25) is 5.02 Å². The molecule has 1 heterocycles. The molecule has 1 aliphatic heterocycles. The first-order valence-electron chi connectivity index (χ1n) is 6.91. The third-order valence-electron chi connectivity index (χ3n) is 3.35. The van der Waals surface area contributed by atoms with Gasteiger partial charge < -0.3 is 10.2 Å². The van der Waals surface area contributed by atoms with Gasteiger partial charge in [-0.25, -0.2) is 0 Å². The SMILES string of the molecule is CCCNCC(C)CN1C(=O)C(=O)c2cc(Cl)ccc21. The topological polar surface area (TPSA) is 49.4 Å². The van der Waals surface area contributed by atoms with E-state index >= 15 is 0 Å². The average molecular weight is 295 g/mol. The third-order valence-corrected chi connectivity index (χ3v) is 3.58. The number of Topliss-reactive ketones (excluding diaryl/α,β-unsaturated/α-hetero) is 1. The molecular weight excluding hydrogens is 276 g/mol. The first-order valence-corrected chi connectivity index (χ1v) is 7.28. The molecule has 1 unspecified atom stereocenters. The van der Waals surface area contributed by atoms with Crippen molar-refractivity contribution in [3.05, 3.63) is 28.8 Å². The fraction of sp³-hybridized carbons (Fsp3) is 0.467. The highest BCUT2D eigenvalue weighted by molar-refractivity contribution is 6.52. The lowest BCUT2D eigenvalue weighted by Crippen LogP contribution is -2.37. The maximum Gasteiger partial charge on any atom is 0.299 e. The molecule has 0 spiro atoms. The van der Waals surface area contributed by atoms with Gasteiger partial charge in [0.1, 0.15) is 0 Å². The molecule has 1 aromatic rings. The summed E-state index contributed by atoms with van der Waals surface area (Å²) in [4.78, 5) is 25.5. The Morgan fingerprint density at radius 3 is 2.80 bits per heavy atom. The number of benzene rings is 1. The van der Waals surface area contributed by atoms with Gasteiger partial charge in [0.05, 0.1) is 11.3 Å². The molecule has 108 valence electrons. The molecular formula is C15H19ClN2O2. The number of nitrogens with one attached hydrogen (secondary N) is 1. The summed E-state index contributed by atoms with van der Waals surface area (Å²) in [5.74, 6) is -0.638. The van der Waals surface area contributed by atoms with Gasteiger partial charge in [0, 0.05) is 11.6 Å². The van der Waals surface area contributed by atoms with E-state index in [2.05, 4.69) is 19.2 Å². The monoisotopic (exact) mass is 294 g/mol. The minimum absolute atomic E-state index is 0.278. The fourth-order valence-corrected chi connectivity index (χ4v) is 2.53. The van der Waals surface area contributed by atoms with E-state index in [0.717, 1.165) is 19.5 Å². The largest absolute Gasteiger partial charge is 0.316 e. The molecule has 2 rings (SSSR count). The van der Waals surface area contributed by atoms with Crippen molar-refractivity contribution in [1.29, 1.82) is 0 Å². The molecule has 5 heteroatoms. The maximum absolute atomic E-state index is 12.1. The Hall–Kier alpha value is -1.39. The first-order chi connectivity index (χ1) is 9.54. The molecule has 1 aromatic carbocycles. The maximum atomic E-state index is 12.1. The van der Waals surface area contributed by atoms with Gasteiger partial charge in [0.25, 0.3) is 11.7 Å². The van der Waals surface area contributed by atoms with E-state index < -0.39 is 11.7 Å². The van der Waals surface area contributed by atoms with Gasteiger partial charge in [-0.05, 0) is 43.6 Å². The average Bonchev–Trinajstić information content (AvgIpc) is 2.64. The summed E-state index contributed by atoms with van der Waals surface area (Å²) in [5.41, 5.74) is 1.09. The quantitative estimate of drug-likeness (QED) is 0.648. The zero-order valence-electron chi connectivity index (χ0n) is 11.8. The van der Waals surface area contributed by atoms with Crippen LogP contribution in [-0.2, 0) is 4.79 Å². The number of nitrogens with zero attached hydrogens (tertiary/aromatic N) is 1. The number of rotatable bonds is 6. The van der Waals surface area contributed by atoms with E-state index in [-0.39, 0.29) is 5.92 Å². The van der Waals surface area contributed by atoms with Gasteiger partial charge in [0.2, 0.25) is 0 Å². The van der Waals surface area contributed by atoms with Crippen LogP contribution < -0.4 is 10.2 Å². The van der Waals surface area contributed by atoms with Gasteiger partial charge in [-0.1, -0.05) is 25.4 Å². The summed E-state index contributed by atoms with van der Waals surface area (Å²) in [6.07, 6.45) is 1.08. The number of hydrogen-bond acceptors (Lipinski definition) is 3. The van der Waals surface area contributed by atoms with Crippen molar-refractivity contribution in [2.75, 3.05) is 24.5 Å². The summed E-state index contributed by atoms with van der Waals surface area (Å²) in [7, 11) is 0. The Labute approximate surface area is 124 Å². The predicted molar refractivity (Wildman–Crippen MR) is 80.5 cm³/mol. The number of hydrogen-bond donors (Lipinski definition) is 1. The zero-order valence-corrected chi connectivity index (χ0v) is 12.5. The Morgan fingerprint density at radius 1 is 1.35 bits per heavy atom. The van der Waals surface area contributed by atoms with Gasteiger partial charge in [0.15, 0.2) is 0 Å². The Bertz CT molecular complexity index is 531. The summed E-state index contributed by atoms with van der Waals surface area (Å²) in [6, 6.07) is 5.02. The number of ketones is 1. The van der Waals surface area contributed by atoms with E-state index in [1.807, 2.05) is 0 Å². The van der Waals surface area contributed by atoms with Crippen LogP contribution in [0.4, 0.5) is 5.69 Å². The lowest BCUT2D eigenvalue weighted by molar-refractivity contribution is -0.114. The van der Waals surface area contributed by atoms with E-state index in [9.17, 15) is 9.59 Å². The van der Waals surface area contributed by atoms with Crippen LogP contribution >= 0.6 is 11.6 Å². The van der Waals surface area contributed by atoms with Crippen molar-refractivity contribution in [2.45, 2.75) is 20.3 Å². The second kappa shape index (κ2) is 6.37. The van der Waals surface area contributed by atoms with E-state index in [0.29, 0.717) is 22.8 Å². The van der Waals surface area contributed by atoms with Crippen molar-refractivity contribution in [3.63, 3.8) is 0 Å². The molecule has 1 amide bonds. The predicted octanol–water partition coefficient (Wildman–Crippen LogP) is 2.50. The van der Waals surface area contributed by atoms with Gasteiger partial charge in [-0.3, -0.25) is 9.59 Å². The van der Waals surface area contributed by atoms with Crippen LogP contribution in [0.25, 0.3) is 0 Å². The van der Waals surface area contributed by atoms with Crippen molar-refractivity contribution < 1.29 is 9.59 Å². The Morgan fingerprint density at radius 2 is 2.10 bits per heavy atom. The number of carbonyl (C=O) groups is 2. The van der Waals surface area contributed by atoms with Crippen LogP contribution in [0, 0.1) is 5.92 Å². The smallest absolute Gasteiger partial charge is 0.299 e. The van der Waals surface area contributed by atoms with Crippen LogP contribution in [0.1, 0.15) is 30.6 Å². The van der Waals surface area contributed by atoms with Crippen LogP contribution in [-0.4, -0.2) is 31.3 Å². The summed E-state index contributed by atoms with van der Waals surface area (Å²) in [5, 5.41) is 3.80. The molecule has 0 aliphatic carbocycles. The highest BCUT2D eigenvalue weighted by atomic mass is 35.5. The highest BCUT2D eigenvalue weighted by Gasteiger charge is 2.36. The van der Waals surface area contributed by atoms with Crippen molar-refractivity contribution >= 4 is 29.0 Å². The van der Waals surface area contributed by atoms with E-state index in [4.69, 9.17) is 11.6 Å². The molecule has 0 saturated carbocycles. The molecule has 4 nitrogen and oxygen atoms in total. The molecule has 0 saturated heterocycles. The van der Waals surface area contributed by atoms with Crippen LogP contribution in [0.3, 0.4) is 0 Å². The zero-order chi connectivity index (χ0) is 14.7. The minimum Gasteiger partial charge on any atom is -0.316 e. The Balaban J connectivity index is 2.10. The lowest BCUT2D eigenvalue weighted by atomic mass is 10.1. The number of amides is 1. The number of anilines is 1. The summed E-state index contributed by atoms with van der Waals surface area (Å²) >= 11 is 5.88. The minimum atomic E-state index is -0.462. The summed E-state index contributed by atoms with van der Waals surface area (Å²) < 4.78 is 0. The molecule has 20 heavy (non-hydrogen) atoms. The fourth-order valence-electron chi connectivity index (χ4n) is 2.36. The van der Waals surface area contributed by atoms with Gasteiger partial charge in [-0.15, -0.1) is 0 Å². The molecule has 1 N–H and O–H groups in total. The second-order valence-corrected chi connectivity index (χ2v) is 5.65. The summed E-state index contributed by atoms with van der Waals surface area (Å²) in [6.45, 7) is 6.50. The van der Waals surface area contributed by atoms with E-state index in [1.54, 1.807) is 23.1 Å². The van der Waals surface area contributed by atoms with Crippen LogP contribution in [0.5, 0.6) is 0 Å². The molecule has 1 aliphatic rings. The normalized spacial score (nSPS) is 15.7. The van der Waals surface area contributed by atoms with Crippen LogP contribution in [0.15, 0.2) is 18.2 Å². The molecule has 0 aromatic heterocycles. The Kier molecular flexibility index (Phi) is 4.78. The molecule has 0 fully saturated rings. The highest BCUT2D eigenvalue weighted by Crippen LogP contribution is 2.31. The van der Waals surface area contributed by atoms with E-state index in [1.165, 1.54) is 0 Å². The molecule has 0 bridgehead atoms. The van der Waals surface area contributed by atoms with Crippen molar-refractivity contribution in [2.24, 2.45) is 5.92 Å². The second-order valence-electron chi connectivity index (χ2n) is 5.22. The molecule has 0 radical (unpaired) electrons. The lowest BCUT2D eigenvalue weighted by Gasteiger charge is -2.21. The van der Waals surface area contributed by atoms with Gasteiger partial charge >= 0.3 is 0 Å². The number of fused-ring (bicyclic) bond motifs is 1. The standard InChI is InChI=1S/C15H19ClN2O2/c1-3-6-17-8-10(2)9-18-13-5-4-11(16)7-12(13)14(19)15(18)20/h4-5,7,10,17H,3,6,8-9H2,1-2H3. The van der Waals surface area contributed by atoms with Crippen molar-refractivity contribution in [1.82, 2.24) is 5.32 Å². The number of halogens is 1. The number of carbonyl (C=O) groups excluding carboxylic acids is 2. The third kappa shape index (κ3) is 3.02. The molecule has 1 atom stereocenters. The first kappa shape index (κ1) is 15.0. The van der Waals surface area contributed by atoms with Crippen molar-refractivity contribution in [3.8, 4) is 0 Å².